The van der Waals surface area contributed by atoms with E-state index in [9.17, 15) is 4.79 Å². The van der Waals surface area contributed by atoms with Crippen LogP contribution >= 0.6 is 0 Å². The lowest BCUT2D eigenvalue weighted by Gasteiger charge is -2.21. The van der Waals surface area contributed by atoms with Crippen molar-refractivity contribution in [1.29, 1.82) is 0 Å². The van der Waals surface area contributed by atoms with Gasteiger partial charge >= 0.3 is 0 Å². The zero-order chi connectivity index (χ0) is 15.2. The van der Waals surface area contributed by atoms with Crippen molar-refractivity contribution < 1.29 is 4.79 Å². The molecule has 1 aliphatic carbocycles. The van der Waals surface area contributed by atoms with Crippen LogP contribution in [0.3, 0.4) is 0 Å². The van der Waals surface area contributed by atoms with Gasteiger partial charge in [-0.25, -0.2) is 0 Å². The number of hydrogen-bond acceptors (Lipinski definition) is 2. The minimum Gasteiger partial charge on any atom is -0.353 e. The van der Waals surface area contributed by atoms with Crippen molar-refractivity contribution in [3.05, 3.63) is 24.0 Å². The summed E-state index contributed by atoms with van der Waals surface area (Å²) in [6, 6.07) is 3.03. The Morgan fingerprint density at radius 1 is 1.43 bits per heavy atom. The van der Waals surface area contributed by atoms with Gasteiger partial charge in [0.25, 0.3) is 0 Å². The van der Waals surface area contributed by atoms with E-state index < -0.39 is 0 Å². The highest BCUT2D eigenvalue weighted by atomic mass is 16.1. The first-order valence-electron chi connectivity index (χ1n) is 8.28. The molecule has 1 atom stereocenters. The van der Waals surface area contributed by atoms with E-state index in [1.165, 1.54) is 5.56 Å². The first-order chi connectivity index (χ1) is 10.1. The predicted molar refractivity (Wildman–Crippen MR) is 86.1 cm³/mol. The van der Waals surface area contributed by atoms with Gasteiger partial charge in [-0.3, -0.25) is 4.79 Å². The third-order valence-corrected chi connectivity index (χ3v) is 3.95. The number of aromatic nitrogens is 1. The van der Waals surface area contributed by atoms with Gasteiger partial charge in [-0.1, -0.05) is 20.8 Å². The van der Waals surface area contributed by atoms with Crippen LogP contribution in [0.5, 0.6) is 0 Å². The van der Waals surface area contributed by atoms with Gasteiger partial charge in [-0.05, 0) is 43.4 Å². The van der Waals surface area contributed by atoms with Crippen LogP contribution in [-0.2, 0) is 11.3 Å². The monoisotopic (exact) mass is 291 g/mol. The number of hydrogen-bond donors (Lipinski definition) is 2. The van der Waals surface area contributed by atoms with Crippen LogP contribution in [0.4, 0.5) is 0 Å². The highest BCUT2D eigenvalue weighted by Crippen LogP contribution is 2.22. The molecule has 1 unspecified atom stereocenters. The summed E-state index contributed by atoms with van der Waals surface area (Å²) >= 11 is 0. The van der Waals surface area contributed by atoms with E-state index in [0.29, 0.717) is 24.4 Å². The van der Waals surface area contributed by atoms with Crippen molar-refractivity contribution in [3.63, 3.8) is 0 Å². The Morgan fingerprint density at radius 3 is 2.81 bits per heavy atom. The number of nitrogens with one attached hydrogen (secondary N) is 2. The van der Waals surface area contributed by atoms with Crippen LogP contribution in [0.15, 0.2) is 18.5 Å². The van der Waals surface area contributed by atoms with Gasteiger partial charge in [0, 0.05) is 37.4 Å². The van der Waals surface area contributed by atoms with Crippen LogP contribution in [0.2, 0.25) is 0 Å². The van der Waals surface area contributed by atoms with Gasteiger partial charge < -0.3 is 15.2 Å². The molecule has 0 spiro atoms. The van der Waals surface area contributed by atoms with E-state index in [4.69, 9.17) is 0 Å². The van der Waals surface area contributed by atoms with Crippen molar-refractivity contribution >= 4 is 5.91 Å². The fourth-order valence-corrected chi connectivity index (χ4v) is 2.58. The molecule has 4 nitrogen and oxygen atoms in total. The molecule has 118 valence electrons. The Kier molecular flexibility index (Phi) is 5.85. The highest BCUT2D eigenvalue weighted by Gasteiger charge is 2.23. The molecule has 1 heterocycles. The molecule has 21 heavy (non-hydrogen) atoms. The molecule has 4 heteroatoms. The lowest BCUT2D eigenvalue weighted by Crippen LogP contribution is -2.26. The molecule has 1 saturated carbocycles. The van der Waals surface area contributed by atoms with E-state index in [0.717, 1.165) is 32.4 Å². The van der Waals surface area contributed by atoms with Crippen LogP contribution in [0.1, 0.15) is 58.1 Å². The lowest BCUT2D eigenvalue weighted by molar-refractivity contribution is -0.121. The smallest absolute Gasteiger partial charge is 0.222 e. The molecule has 0 bridgehead atoms. The topological polar surface area (TPSA) is 46.1 Å². The lowest BCUT2D eigenvalue weighted by atomic mass is 9.98. The summed E-state index contributed by atoms with van der Waals surface area (Å²) in [5, 5.41) is 6.64. The first-order valence-corrected chi connectivity index (χ1v) is 8.28. The first kappa shape index (κ1) is 16.1. The van der Waals surface area contributed by atoms with E-state index >= 15 is 0 Å². The zero-order valence-electron chi connectivity index (χ0n) is 13.6. The maximum atomic E-state index is 11.7. The third-order valence-electron chi connectivity index (χ3n) is 3.95. The maximum absolute atomic E-state index is 11.7. The average Bonchev–Trinajstić information content (AvgIpc) is 3.13. The molecular weight excluding hydrogens is 262 g/mol. The van der Waals surface area contributed by atoms with E-state index in [2.05, 4.69) is 54.4 Å². The Bertz CT molecular complexity index is 449. The number of carbonyl (C=O) groups excluding carboxylic acids is 1. The van der Waals surface area contributed by atoms with Gasteiger partial charge in [0.2, 0.25) is 5.91 Å². The van der Waals surface area contributed by atoms with Crippen LogP contribution in [0.25, 0.3) is 0 Å². The highest BCUT2D eigenvalue weighted by molar-refractivity contribution is 5.76. The molecule has 1 fully saturated rings. The van der Waals surface area contributed by atoms with E-state index in [-0.39, 0.29) is 5.91 Å². The van der Waals surface area contributed by atoms with Gasteiger partial charge in [0.15, 0.2) is 0 Å². The molecule has 0 radical (unpaired) electrons. The Labute approximate surface area is 128 Å². The summed E-state index contributed by atoms with van der Waals surface area (Å²) < 4.78 is 2.13. The number of aryl methyl sites for hydroxylation is 1. The molecule has 2 rings (SSSR count). The summed E-state index contributed by atoms with van der Waals surface area (Å²) in [6.45, 7) is 8.48. The second kappa shape index (κ2) is 7.64. The Balaban J connectivity index is 1.84. The largest absolute Gasteiger partial charge is 0.353 e. The van der Waals surface area contributed by atoms with Crippen molar-refractivity contribution in [2.24, 2.45) is 5.92 Å². The molecule has 0 aliphatic heterocycles. The van der Waals surface area contributed by atoms with Gasteiger partial charge in [-0.15, -0.1) is 0 Å². The SMILES string of the molecule is CCCNC(c1ccn(CCC(=O)NC2CC2)c1)C(C)C. The minimum absolute atomic E-state index is 0.178. The van der Waals surface area contributed by atoms with Crippen LogP contribution < -0.4 is 10.6 Å². The second-order valence-electron chi connectivity index (χ2n) is 6.45. The van der Waals surface area contributed by atoms with Crippen molar-refractivity contribution in [3.8, 4) is 0 Å². The molecule has 0 saturated heterocycles. The van der Waals surface area contributed by atoms with Gasteiger partial charge in [-0.2, -0.15) is 0 Å². The number of carbonyl (C=O) groups is 1. The number of nitrogens with zero attached hydrogens (tertiary/aromatic N) is 1. The van der Waals surface area contributed by atoms with Crippen LogP contribution in [-0.4, -0.2) is 23.1 Å². The van der Waals surface area contributed by atoms with Crippen molar-refractivity contribution in [1.82, 2.24) is 15.2 Å². The molecule has 1 amide bonds. The molecule has 1 aromatic heterocycles. The molecule has 1 aliphatic rings. The molecular formula is C17H29N3O. The summed E-state index contributed by atoms with van der Waals surface area (Å²) in [5.41, 5.74) is 1.32. The van der Waals surface area contributed by atoms with Crippen LogP contribution in [0, 0.1) is 5.92 Å². The number of rotatable bonds is 9. The minimum atomic E-state index is 0.178. The standard InChI is InChI=1S/C17H29N3O/c1-4-9-18-17(13(2)3)14-7-10-20(12-14)11-8-16(21)19-15-5-6-15/h7,10,12-13,15,17-18H,4-6,8-9,11H2,1-3H3,(H,19,21). The molecule has 1 aromatic rings. The summed E-state index contributed by atoms with van der Waals surface area (Å²) in [5.74, 6) is 0.739. The van der Waals surface area contributed by atoms with Crippen molar-refractivity contribution in [2.45, 2.75) is 65.1 Å². The number of amides is 1. The van der Waals surface area contributed by atoms with Gasteiger partial charge in [0.05, 0.1) is 0 Å². The fraction of sp³-hybridized carbons (Fsp3) is 0.706. The third kappa shape index (κ3) is 5.20. The van der Waals surface area contributed by atoms with Gasteiger partial charge in [0.1, 0.15) is 0 Å². The molecule has 2 N–H and O–H groups in total. The van der Waals surface area contributed by atoms with E-state index in [1.807, 2.05) is 0 Å². The average molecular weight is 291 g/mol. The van der Waals surface area contributed by atoms with E-state index in [1.54, 1.807) is 0 Å². The van der Waals surface area contributed by atoms with Crippen molar-refractivity contribution in [2.75, 3.05) is 6.54 Å². The second-order valence-corrected chi connectivity index (χ2v) is 6.45. The Morgan fingerprint density at radius 2 is 2.19 bits per heavy atom. The predicted octanol–water partition coefficient (Wildman–Crippen LogP) is 2.85. The maximum Gasteiger partial charge on any atom is 0.222 e. The summed E-state index contributed by atoms with van der Waals surface area (Å²) in [7, 11) is 0. The summed E-state index contributed by atoms with van der Waals surface area (Å²) in [6.07, 6.45) is 8.28. The fourth-order valence-electron chi connectivity index (χ4n) is 2.58. The zero-order valence-corrected chi connectivity index (χ0v) is 13.6. The summed E-state index contributed by atoms with van der Waals surface area (Å²) in [4.78, 5) is 11.7. The quantitative estimate of drug-likeness (QED) is 0.735. The Hall–Kier alpha value is -1.29. The normalized spacial score (nSPS) is 16.2. The molecule has 0 aromatic carbocycles.